The lowest BCUT2D eigenvalue weighted by molar-refractivity contribution is -0.152. The van der Waals surface area contributed by atoms with E-state index in [1.165, 1.54) is 12.8 Å². The Morgan fingerprint density at radius 2 is 2.00 bits per heavy atom. The van der Waals surface area contributed by atoms with E-state index in [1.54, 1.807) is 7.05 Å². The standard InChI is InChI=1S/C14H29NO3/c1-6-8-9-10-18-12(3)11-14(4,15-5)13(16)17-7-2/h12,15H,6-11H2,1-5H3. The summed E-state index contributed by atoms with van der Waals surface area (Å²) in [6.07, 6.45) is 4.12. The van der Waals surface area contributed by atoms with Crippen LogP contribution in [0.5, 0.6) is 0 Å². The average Bonchev–Trinajstić information content (AvgIpc) is 2.34. The van der Waals surface area contributed by atoms with Crippen molar-refractivity contribution in [2.45, 2.75) is 65.0 Å². The number of carbonyl (C=O) groups excluding carboxylic acids is 1. The molecule has 0 aliphatic heterocycles. The first-order chi connectivity index (χ1) is 8.50. The van der Waals surface area contributed by atoms with Crippen LogP contribution in [0.2, 0.25) is 0 Å². The zero-order valence-corrected chi connectivity index (χ0v) is 12.5. The van der Waals surface area contributed by atoms with E-state index < -0.39 is 5.54 Å². The van der Waals surface area contributed by atoms with Gasteiger partial charge in [0.05, 0.1) is 12.7 Å². The van der Waals surface area contributed by atoms with Crippen molar-refractivity contribution in [3.63, 3.8) is 0 Å². The molecule has 0 aliphatic rings. The van der Waals surface area contributed by atoms with E-state index in [4.69, 9.17) is 9.47 Å². The molecule has 1 N–H and O–H groups in total. The van der Waals surface area contributed by atoms with Crippen molar-refractivity contribution in [3.8, 4) is 0 Å². The summed E-state index contributed by atoms with van der Waals surface area (Å²) in [5.41, 5.74) is -0.666. The van der Waals surface area contributed by atoms with Crippen LogP contribution >= 0.6 is 0 Å². The number of likely N-dealkylation sites (N-methyl/N-ethyl adjacent to an activating group) is 1. The summed E-state index contributed by atoms with van der Waals surface area (Å²) in [7, 11) is 1.78. The van der Waals surface area contributed by atoms with Gasteiger partial charge in [0, 0.05) is 13.0 Å². The summed E-state index contributed by atoms with van der Waals surface area (Å²) in [5.74, 6) is -0.212. The maximum Gasteiger partial charge on any atom is 0.326 e. The van der Waals surface area contributed by atoms with Crippen molar-refractivity contribution in [3.05, 3.63) is 0 Å². The molecule has 0 aromatic carbocycles. The second-order valence-electron chi connectivity index (χ2n) is 4.90. The first-order valence-corrected chi connectivity index (χ1v) is 6.97. The molecule has 0 rings (SSSR count). The van der Waals surface area contributed by atoms with E-state index in [0.717, 1.165) is 13.0 Å². The van der Waals surface area contributed by atoms with Crippen molar-refractivity contribution < 1.29 is 14.3 Å². The third kappa shape index (κ3) is 6.36. The average molecular weight is 259 g/mol. The lowest BCUT2D eigenvalue weighted by Crippen LogP contribution is -2.50. The molecule has 18 heavy (non-hydrogen) atoms. The highest BCUT2D eigenvalue weighted by Crippen LogP contribution is 2.16. The van der Waals surface area contributed by atoms with Crippen LogP contribution in [0.25, 0.3) is 0 Å². The zero-order chi connectivity index (χ0) is 14.0. The Kier molecular flexibility index (Phi) is 9.02. The van der Waals surface area contributed by atoms with Gasteiger partial charge in [-0.25, -0.2) is 0 Å². The first kappa shape index (κ1) is 17.4. The molecule has 0 heterocycles. The SMILES string of the molecule is CCCCCOC(C)CC(C)(NC)C(=O)OCC. The predicted octanol–water partition coefficient (Wildman–Crippen LogP) is 2.51. The summed E-state index contributed by atoms with van der Waals surface area (Å²) < 4.78 is 10.8. The molecule has 0 bridgehead atoms. The summed E-state index contributed by atoms with van der Waals surface area (Å²) in [6, 6.07) is 0. The molecule has 2 atom stereocenters. The molecular weight excluding hydrogens is 230 g/mol. The minimum absolute atomic E-state index is 0.0451. The van der Waals surface area contributed by atoms with Crippen molar-refractivity contribution in [2.75, 3.05) is 20.3 Å². The molecule has 108 valence electrons. The molecule has 0 aliphatic carbocycles. The number of rotatable bonds is 10. The minimum atomic E-state index is -0.666. The lowest BCUT2D eigenvalue weighted by Gasteiger charge is -2.29. The van der Waals surface area contributed by atoms with Crippen LogP contribution in [0.15, 0.2) is 0 Å². The van der Waals surface area contributed by atoms with Gasteiger partial charge in [0.2, 0.25) is 0 Å². The second kappa shape index (κ2) is 9.34. The molecule has 4 nitrogen and oxygen atoms in total. The minimum Gasteiger partial charge on any atom is -0.465 e. The topological polar surface area (TPSA) is 47.6 Å². The quantitative estimate of drug-likeness (QED) is 0.484. The summed E-state index contributed by atoms with van der Waals surface area (Å²) >= 11 is 0. The number of nitrogens with one attached hydrogen (secondary N) is 1. The summed E-state index contributed by atoms with van der Waals surface area (Å²) in [6.45, 7) is 9.01. The van der Waals surface area contributed by atoms with E-state index >= 15 is 0 Å². The number of ether oxygens (including phenoxy) is 2. The van der Waals surface area contributed by atoms with E-state index in [9.17, 15) is 4.79 Å². The Hall–Kier alpha value is -0.610. The van der Waals surface area contributed by atoms with Crippen molar-refractivity contribution in [1.29, 1.82) is 0 Å². The monoisotopic (exact) mass is 259 g/mol. The van der Waals surface area contributed by atoms with Crippen LogP contribution in [0.3, 0.4) is 0 Å². The molecule has 0 fully saturated rings. The fraction of sp³-hybridized carbons (Fsp3) is 0.929. The molecule has 0 saturated carbocycles. The molecule has 0 aromatic heterocycles. The first-order valence-electron chi connectivity index (χ1n) is 6.97. The van der Waals surface area contributed by atoms with Crippen molar-refractivity contribution in [2.24, 2.45) is 0 Å². The van der Waals surface area contributed by atoms with Crippen molar-refractivity contribution in [1.82, 2.24) is 5.32 Å². The van der Waals surface area contributed by atoms with Gasteiger partial charge in [0.15, 0.2) is 0 Å². The van der Waals surface area contributed by atoms with Gasteiger partial charge < -0.3 is 14.8 Å². The fourth-order valence-electron chi connectivity index (χ4n) is 1.85. The van der Waals surface area contributed by atoms with E-state index in [0.29, 0.717) is 13.0 Å². The van der Waals surface area contributed by atoms with Gasteiger partial charge in [0.25, 0.3) is 0 Å². The Morgan fingerprint density at radius 1 is 1.33 bits per heavy atom. The number of carbonyl (C=O) groups is 1. The highest BCUT2D eigenvalue weighted by Gasteiger charge is 2.34. The lowest BCUT2D eigenvalue weighted by atomic mass is 9.95. The number of unbranched alkanes of at least 4 members (excludes halogenated alkanes) is 2. The van der Waals surface area contributed by atoms with Gasteiger partial charge in [-0.2, -0.15) is 0 Å². The number of hydrogen-bond acceptors (Lipinski definition) is 4. The molecular formula is C14H29NO3. The molecule has 0 radical (unpaired) electrons. The third-order valence-electron chi connectivity index (χ3n) is 3.12. The zero-order valence-electron chi connectivity index (χ0n) is 12.5. The van der Waals surface area contributed by atoms with Gasteiger partial charge in [-0.3, -0.25) is 4.79 Å². The van der Waals surface area contributed by atoms with Crippen LogP contribution in [0.1, 0.15) is 53.4 Å². The highest BCUT2D eigenvalue weighted by molar-refractivity contribution is 5.80. The number of esters is 1. The maximum absolute atomic E-state index is 11.9. The van der Waals surface area contributed by atoms with Gasteiger partial charge in [0.1, 0.15) is 5.54 Å². The van der Waals surface area contributed by atoms with E-state index in [2.05, 4.69) is 12.2 Å². The second-order valence-corrected chi connectivity index (χ2v) is 4.90. The van der Waals surface area contributed by atoms with Gasteiger partial charge in [-0.15, -0.1) is 0 Å². The highest BCUT2D eigenvalue weighted by atomic mass is 16.5. The largest absolute Gasteiger partial charge is 0.465 e. The molecule has 0 amide bonds. The van der Waals surface area contributed by atoms with E-state index in [-0.39, 0.29) is 12.1 Å². The normalized spacial score (nSPS) is 16.1. The smallest absolute Gasteiger partial charge is 0.326 e. The molecule has 0 spiro atoms. The maximum atomic E-state index is 11.9. The van der Waals surface area contributed by atoms with Gasteiger partial charge in [-0.05, 0) is 34.2 Å². The molecule has 0 saturated heterocycles. The Morgan fingerprint density at radius 3 is 2.50 bits per heavy atom. The van der Waals surface area contributed by atoms with Crippen LogP contribution in [0.4, 0.5) is 0 Å². The summed E-state index contributed by atoms with van der Waals surface area (Å²) in [5, 5.41) is 3.04. The Balaban J connectivity index is 4.13. The van der Waals surface area contributed by atoms with Gasteiger partial charge in [-0.1, -0.05) is 19.8 Å². The predicted molar refractivity (Wildman–Crippen MR) is 73.7 cm³/mol. The van der Waals surface area contributed by atoms with Crippen LogP contribution in [-0.2, 0) is 14.3 Å². The van der Waals surface area contributed by atoms with Crippen LogP contribution < -0.4 is 5.32 Å². The van der Waals surface area contributed by atoms with E-state index in [1.807, 2.05) is 20.8 Å². The molecule has 4 heteroatoms. The van der Waals surface area contributed by atoms with Crippen LogP contribution in [0, 0.1) is 0 Å². The Labute approximate surface area is 111 Å². The Bertz CT molecular complexity index is 233. The molecule has 2 unspecified atom stereocenters. The third-order valence-corrected chi connectivity index (χ3v) is 3.12. The van der Waals surface area contributed by atoms with Crippen molar-refractivity contribution >= 4 is 5.97 Å². The van der Waals surface area contributed by atoms with Gasteiger partial charge >= 0.3 is 5.97 Å². The number of hydrogen-bond donors (Lipinski definition) is 1. The molecule has 0 aromatic rings. The summed E-state index contributed by atoms with van der Waals surface area (Å²) in [4.78, 5) is 11.9. The van der Waals surface area contributed by atoms with Crippen LogP contribution in [-0.4, -0.2) is 37.9 Å². The fourth-order valence-corrected chi connectivity index (χ4v) is 1.85.